The van der Waals surface area contributed by atoms with Crippen LogP contribution in [0.1, 0.15) is 23.1 Å². The molecular formula is C19H22N2O. The Hall–Kier alpha value is -2.29. The van der Waals surface area contributed by atoms with Crippen LogP contribution in [0.4, 0.5) is 10.5 Å². The first-order valence-electron chi connectivity index (χ1n) is 7.93. The molecule has 1 heterocycles. The highest BCUT2D eigenvalue weighted by atomic mass is 16.2. The highest BCUT2D eigenvalue weighted by Gasteiger charge is 2.21. The Kier molecular flexibility index (Phi) is 4.42. The van der Waals surface area contributed by atoms with E-state index in [1.807, 2.05) is 23.1 Å². The zero-order valence-electron chi connectivity index (χ0n) is 13.0. The number of nitrogens with zero attached hydrogens (tertiary/aromatic N) is 1. The lowest BCUT2D eigenvalue weighted by atomic mass is 10.0. The van der Waals surface area contributed by atoms with E-state index in [0.717, 1.165) is 31.5 Å². The topological polar surface area (TPSA) is 32.3 Å². The van der Waals surface area contributed by atoms with Gasteiger partial charge in [-0.3, -0.25) is 4.90 Å². The first kappa shape index (κ1) is 14.6. The average molecular weight is 294 g/mol. The molecule has 3 heteroatoms. The van der Waals surface area contributed by atoms with Gasteiger partial charge in [0.05, 0.1) is 0 Å². The summed E-state index contributed by atoms with van der Waals surface area (Å²) in [6, 6.07) is 16.6. The number of hydrogen-bond acceptors (Lipinski definition) is 1. The van der Waals surface area contributed by atoms with Gasteiger partial charge in [0.1, 0.15) is 0 Å². The summed E-state index contributed by atoms with van der Waals surface area (Å²) < 4.78 is 0. The summed E-state index contributed by atoms with van der Waals surface area (Å²) in [5.74, 6) is 0. The minimum atomic E-state index is 0.0137. The fourth-order valence-electron chi connectivity index (χ4n) is 3.02. The molecule has 0 aliphatic carbocycles. The smallest absolute Gasteiger partial charge is 0.321 e. The lowest BCUT2D eigenvalue weighted by molar-refractivity contribution is 0.246. The third kappa shape index (κ3) is 3.30. The van der Waals surface area contributed by atoms with Crippen LogP contribution in [-0.2, 0) is 12.8 Å². The zero-order valence-corrected chi connectivity index (χ0v) is 13.0. The summed E-state index contributed by atoms with van der Waals surface area (Å²) in [6.07, 6.45) is 2.95. The van der Waals surface area contributed by atoms with Crippen LogP contribution in [0, 0.1) is 6.92 Å². The molecule has 0 aromatic heterocycles. The number of para-hydroxylation sites is 1. The highest BCUT2D eigenvalue weighted by molar-refractivity contribution is 5.93. The molecular weight excluding hydrogens is 272 g/mol. The van der Waals surface area contributed by atoms with Gasteiger partial charge in [-0.15, -0.1) is 0 Å². The van der Waals surface area contributed by atoms with Gasteiger partial charge in [-0.2, -0.15) is 0 Å². The molecule has 2 amide bonds. The van der Waals surface area contributed by atoms with Gasteiger partial charge in [0.15, 0.2) is 0 Å². The molecule has 0 saturated heterocycles. The number of urea groups is 1. The van der Waals surface area contributed by atoms with Crippen molar-refractivity contribution in [3.05, 3.63) is 65.2 Å². The Morgan fingerprint density at radius 3 is 2.91 bits per heavy atom. The van der Waals surface area contributed by atoms with Crippen LogP contribution in [0.5, 0.6) is 0 Å². The quantitative estimate of drug-likeness (QED) is 0.919. The highest BCUT2D eigenvalue weighted by Crippen LogP contribution is 2.26. The lowest BCUT2D eigenvalue weighted by Gasteiger charge is -2.29. The number of carbonyl (C=O) groups excluding carboxylic acids is 1. The van der Waals surface area contributed by atoms with E-state index >= 15 is 0 Å². The van der Waals surface area contributed by atoms with Gasteiger partial charge in [0.25, 0.3) is 0 Å². The van der Waals surface area contributed by atoms with Gasteiger partial charge in [0, 0.05) is 18.8 Å². The molecule has 2 aromatic rings. The van der Waals surface area contributed by atoms with Crippen molar-refractivity contribution in [1.82, 2.24) is 5.32 Å². The Balaban J connectivity index is 1.59. The second-order valence-electron chi connectivity index (χ2n) is 5.85. The van der Waals surface area contributed by atoms with E-state index in [0.29, 0.717) is 6.54 Å². The van der Waals surface area contributed by atoms with Crippen LogP contribution < -0.4 is 10.2 Å². The molecule has 0 saturated carbocycles. The van der Waals surface area contributed by atoms with Crippen LogP contribution in [0.25, 0.3) is 0 Å². The van der Waals surface area contributed by atoms with E-state index in [1.165, 1.54) is 16.7 Å². The first-order chi connectivity index (χ1) is 10.7. The Bertz CT molecular complexity index is 666. The minimum Gasteiger partial charge on any atom is -0.337 e. The first-order valence-corrected chi connectivity index (χ1v) is 7.93. The number of anilines is 1. The molecule has 114 valence electrons. The maximum Gasteiger partial charge on any atom is 0.321 e. The van der Waals surface area contributed by atoms with Crippen LogP contribution in [0.2, 0.25) is 0 Å². The van der Waals surface area contributed by atoms with Crippen molar-refractivity contribution in [3.63, 3.8) is 0 Å². The fraction of sp³-hybridized carbons (Fsp3) is 0.316. The molecule has 3 nitrogen and oxygen atoms in total. The molecule has 0 fully saturated rings. The van der Waals surface area contributed by atoms with Crippen molar-refractivity contribution in [2.75, 3.05) is 18.0 Å². The third-order valence-electron chi connectivity index (χ3n) is 4.13. The summed E-state index contributed by atoms with van der Waals surface area (Å²) in [7, 11) is 0. The van der Waals surface area contributed by atoms with Crippen molar-refractivity contribution in [3.8, 4) is 0 Å². The van der Waals surface area contributed by atoms with E-state index in [9.17, 15) is 4.79 Å². The molecule has 0 spiro atoms. The van der Waals surface area contributed by atoms with E-state index in [2.05, 4.69) is 42.6 Å². The van der Waals surface area contributed by atoms with Crippen molar-refractivity contribution >= 4 is 11.7 Å². The van der Waals surface area contributed by atoms with E-state index < -0.39 is 0 Å². The second kappa shape index (κ2) is 6.65. The van der Waals surface area contributed by atoms with E-state index in [1.54, 1.807) is 0 Å². The van der Waals surface area contributed by atoms with Gasteiger partial charge in [-0.1, -0.05) is 48.0 Å². The maximum atomic E-state index is 12.4. The molecule has 0 radical (unpaired) electrons. The Morgan fingerprint density at radius 1 is 1.18 bits per heavy atom. The van der Waals surface area contributed by atoms with E-state index in [-0.39, 0.29) is 6.03 Å². The van der Waals surface area contributed by atoms with Gasteiger partial charge < -0.3 is 5.32 Å². The summed E-state index contributed by atoms with van der Waals surface area (Å²) in [6.45, 7) is 3.56. The number of nitrogens with one attached hydrogen (secondary N) is 1. The minimum absolute atomic E-state index is 0.0137. The Morgan fingerprint density at radius 2 is 2.05 bits per heavy atom. The molecule has 0 unspecified atom stereocenters. The van der Waals surface area contributed by atoms with Gasteiger partial charge >= 0.3 is 6.03 Å². The summed E-state index contributed by atoms with van der Waals surface area (Å²) in [4.78, 5) is 14.3. The molecule has 2 aromatic carbocycles. The number of carbonyl (C=O) groups is 1. The van der Waals surface area contributed by atoms with Gasteiger partial charge in [0.2, 0.25) is 0 Å². The predicted octanol–water partition coefficient (Wildman–Crippen LogP) is 3.70. The Labute approximate surface area is 132 Å². The monoisotopic (exact) mass is 294 g/mol. The second-order valence-corrected chi connectivity index (χ2v) is 5.85. The molecule has 1 N–H and O–H groups in total. The van der Waals surface area contributed by atoms with Crippen LogP contribution in [0.15, 0.2) is 48.5 Å². The summed E-state index contributed by atoms with van der Waals surface area (Å²) in [5, 5.41) is 3.05. The lowest BCUT2D eigenvalue weighted by Crippen LogP contribution is -2.43. The molecule has 3 rings (SSSR count). The fourth-order valence-corrected chi connectivity index (χ4v) is 3.02. The van der Waals surface area contributed by atoms with Crippen LogP contribution >= 0.6 is 0 Å². The van der Waals surface area contributed by atoms with Crippen molar-refractivity contribution in [1.29, 1.82) is 0 Å². The maximum absolute atomic E-state index is 12.4. The predicted molar refractivity (Wildman–Crippen MR) is 90.4 cm³/mol. The number of aryl methyl sites for hydroxylation is 2. The van der Waals surface area contributed by atoms with E-state index in [4.69, 9.17) is 0 Å². The van der Waals surface area contributed by atoms with Crippen LogP contribution in [0.3, 0.4) is 0 Å². The van der Waals surface area contributed by atoms with Gasteiger partial charge in [-0.25, -0.2) is 4.79 Å². The SMILES string of the molecule is Cc1cccc(CCNC(=O)N2CCCc3ccccc32)c1. The largest absolute Gasteiger partial charge is 0.337 e. The average Bonchev–Trinajstić information content (AvgIpc) is 2.54. The molecule has 0 bridgehead atoms. The standard InChI is InChI=1S/C19H22N2O/c1-15-6-4-7-16(14-15)11-12-20-19(22)21-13-5-9-17-8-2-3-10-18(17)21/h2-4,6-8,10,14H,5,9,11-13H2,1H3,(H,20,22). The molecule has 22 heavy (non-hydrogen) atoms. The number of hydrogen-bond donors (Lipinski definition) is 1. The summed E-state index contributed by atoms with van der Waals surface area (Å²) in [5.41, 5.74) is 4.84. The van der Waals surface area contributed by atoms with Crippen LogP contribution in [-0.4, -0.2) is 19.1 Å². The number of fused-ring (bicyclic) bond motifs is 1. The molecule has 0 atom stereocenters. The normalized spacial score (nSPS) is 13.6. The zero-order chi connectivity index (χ0) is 15.4. The van der Waals surface area contributed by atoms with Crippen molar-refractivity contribution in [2.24, 2.45) is 0 Å². The van der Waals surface area contributed by atoms with Gasteiger partial charge in [-0.05, 0) is 43.4 Å². The molecule has 1 aliphatic rings. The number of amides is 2. The number of rotatable bonds is 3. The third-order valence-corrected chi connectivity index (χ3v) is 4.13. The number of benzene rings is 2. The van der Waals surface area contributed by atoms with Crippen molar-refractivity contribution < 1.29 is 4.79 Å². The molecule has 1 aliphatic heterocycles. The summed E-state index contributed by atoms with van der Waals surface area (Å²) >= 11 is 0. The van der Waals surface area contributed by atoms with Crippen molar-refractivity contribution in [2.45, 2.75) is 26.2 Å².